The number of esters is 5. The lowest BCUT2D eigenvalue weighted by atomic mass is 9.78. The van der Waals surface area contributed by atoms with Crippen molar-refractivity contribution in [1.82, 2.24) is 0 Å². The molecular formula is C22H16O11. The van der Waals surface area contributed by atoms with Crippen molar-refractivity contribution < 1.29 is 52.1 Å². The molecule has 33 heavy (non-hydrogen) atoms. The summed E-state index contributed by atoms with van der Waals surface area (Å²) in [6, 6.07) is 1.42. The topological polar surface area (TPSA) is 145 Å². The molecule has 6 rings (SSSR count). The van der Waals surface area contributed by atoms with E-state index in [-0.39, 0.29) is 39.7 Å². The molecule has 2 aromatic rings. The standard InChI is InChI=1S/C22H16O11/c1-6(2)19(24)28-5-11(23)30-14-7-3-8-13(21(26)31-15(8)14)12(7)22(27)32-17-10-4-9-16(29-10)18(17)33-20(9)25/h4,7-8,12-15H,1,3,5H2,2H3. The summed E-state index contributed by atoms with van der Waals surface area (Å²) in [5, 5.41) is 0. The first kappa shape index (κ1) is 19.8. The zero-order valence-electron chi connectivity index (χ0n) is 17.2. The van der Waals surface area contributed by atoms with E-state index in [1.165, 1.54) is 13.0 Å². The summed E-state index contributed by atoms with van der Waals surface area (Å²) in [5.74, 6) is -5.90. The first-order valence-electron chi connectivity index (χ1n) is 10.3. The Bertz CT molecular complexity index is 1270. The van der Waals surface area contributed by atoms with E-state index < -0.39 is 66.4 Å². The molecule has 6 atom stereocenters. The van der Waals surface area contributed by atoms with Crippen molar-refractivity contribution in [2.75, 3.05) is 6.61 Å². The Hall–Kier alpha value is -3.89. The highest BCUT2D eigenvalue weighted by Gasteiger charge is 2.70. The molecule has 0 N–H and O–H groups in total. The number of rotatable bonds is 6. The van der Waals surface area contributed by atoms with Gasteiger partial charge in [0, 0.05) is 23.5 Å². The lowest BCUT2D eigenvalue weighted by Gasteiger charge is -2.30. The Morgan fingerprint density at radius 1 is 1.21 bits per heavy atom. The monoisotopic (exact) mass is 456 g/mol. The predicted octanol–water partition coefficient (Wildman–Crippen LogP) is 1.15. The summed E-state index contributed by atoms with van der Waals surface area (Å²) in [7, 11) is 0. The van der Waals surface area contributed by atoms with Crippen LogP contribution in [0.1, 0.15) is 23.7 Å². The molecular weight excluding hydrogens is 440 g/mol. The lowest BCUT2D eigenvalue weighted by molar-refractivity contribution is -0.170. The van der Waals surface area contributed by atoms with Crippen molar-refractivity contribution in [1.29, 1.82) is 0 Å². The number of hydrogen-bond donors (Lipinski definition) is 0. The molecule has 11 nitrogen and oxygen atoms in total. The molecule has 0 spiro atoms. The molecule has 2 saturated carbocycles. The van der Waals surface area contributed by atoms with E-state index in [1.807, 2.05) is 0 Å². The molecule has 4 heterocycles. The zero-order chi connectivity index (χ0) is 23.2. The van der Waals surface area contributed by atoms with Gasteiger partial charge in [-0.1, -0.05) is 6.58 Å². The van der Waals surface area contributed by atoms with Gasteiger partial charge < -0.3 is 28.1 Å². The minimum Gasteiger partial charge on any atom is -0.458 e. The highest BCUT2D eigenvalue weighted by Crippen LogP contribution is 2.59. The molecule has 4 aliphatic rings. The van der Waals surface area contributed by atoms with Crippen molar-refractivity contribution in [3.8, 4) is 11.5 Å². The maximum atomic E-state index is 13.2. The maximum Gasteiger partial charge on any atom is 0.347 e. The Balaban J connectivity index is 1.20. The smallest absolute Gasteiger partial charge is 0.347 e. The van der Waals surface area contributed by atoms with Gasteiger partial charge in [-0.15, -0.1) is 0 Å². The maximum absolute atomic E-state index is 13.2. The van der Waals surface area contributed by atoms with Crippen LogP contribution in [0.3, 0.4) is 0 Å². The minimum atomic E-state index is -0.921. The number of carbonyl (C=O) groups excluding carboxylic acids is 5. The fraction of sp³-hybridized carbons (Fsp3) is 0.409. The summed E-state index contributed by atoms with van der Waals surface area (Å²) in [6.07, 6.45) is -1.12. The van der Waals surface area contributed by atoms with Crippen molar-refractivity contribution in [3.05, 3.63) is 23.8 Å². The van der Waals surface area contributed by atoms with Gasteiger partial charge in [0.1, 0.15) is 17.8 Å². The van der Waals surface area contributed by atoms with Crippen LogP contribution in [-0.4, -0.2) is 48.7 Å². The number of carbonyl (C=O) groups is 5. The molecule has 0 amide bonds. The first-order chi connectivity index (χ1) is 15.7. The number of ether oxygens (including phenoxy) is 5. The van der Waals surface area contributed by atoms with Gasteiger partial charge in [-0.3, -0.25) is 9.59 Å². The van der Waals surface area contributed by atoms with Crippen LogP contribution in [0.15, 0.2) is 22.6 Å². The molecule has 0 radical (unpaired) electrons. The predicted molar refractivity (Wildman–Crippen MR) is 102 cm³/mol. The molecule has 4 bridgehead atoms. The molecule has 3 fully saturated rings. The molecule has 11 heteroatoms. The summed E-state index contributed by atoms with van der Waals surface area (Å²) in [5.41, 5.74) is 0.791. The SMILES string of the molecule is C=C(C)C(=O)OCC(=O)OC1C2CC3C1OC(=O)C3C2C(=O)Oc1c2c3oc1cc3C(=O)O2. The molecule has 2 aliphatic heterocycles. The van der Waals surface area contributed by atoms with Gasteiger partial charge in [-0.25, -0.2) is 14.4 Å². The van der Waals surface area contributed by atoms with E-state index >= 15 is 0 Å². The van der Waals surface area contributed by atoms with Crippen LogP contribution in [0.2, 0.25) is 0 Å². The summed E-state index contributed by atoms with van der Waals surface area (Å²) in [6.45, 7) is 4.23. The van der Waals surface area contributed by atoms with Crippen molar-refractivity contribution in [2.24, 2.45) is 23.7 Å². The van der Waals surface area contributed by atoms with E-state index in [0.29, 0.717) is 6.42 Å². The number of benzene rings is 1. The van der Waals surface area contributed by atoms with Gasteiger partial charge in [-0.05, 0) is 13.3 Å². The molecule has 6 unspecified atom stereocenters. The van der Waals surface area contributed by atoms with Gasteiger partial charge >= 0.3 is 29.8 Å². The first-order valence-corrected chi connectivity index (χ1v) is 10.3. The number of furan rings is 2. The molecule has 1 saturated heterocycles. The molecule has 2 aliphatic carbocycles. The second-order valence-corrected chi connectivity index (χ2v) is 8.65. The third kappa shape index (κ3) is 2.65. The van der Waals surface area contributed by atoms with Gasteiger partial charge in [0.2, 0.25) is 11.5 Å². The normalized spacial score (nSPS) is 30.5. The second-order valence-electron chi connectivity index (χ2n) is 8.65. The van der Waals surface area contributed by atoms with E-state index in [9.17, 15) is 24.0 Å². The Kier molecular flexibility index (Phi) is 3.93. The Labute approximate surface area is 184 Å². The van der Waals surface area contributed by atoms with Crippen LogP contribution in [0.5, 0.6) is 11.5 Å². The Morgan fingerprint density at radius 2 is 2.00 bits per heavy atom. The largest absolute Gasteiger partial charge is 0.458 e. The quantitative estimate of drug-likeness (QED) is 0.267. The summed E-state index contributed by atoms with van der Waals surface area (Å²) >= 11 is 0. The minimum absolute atomic E-state index is 0.0180. The summed E-state index contributed by atoms with van der Waals surface area (Å²) in [4.78, 5) is 61.2. The lowest BCUT2D eigenvalue weighted by Crippen LogP contribution is -2.44. The van der Waals surface area contributed by atoms with Crippen molar-refractivity contribution >= 4 is 41.0 Å². The van der Waals surface area contributed by atoms with Crippen LogP contribution >= 0.6 is 0 Å². The average molecular weight is 456 g/mol. The average Bonchev–Trinajstić information content (AvgIpc) is 3.55. The van der Waals surface area contributed by atoms with E-state index in [1.54, 1.807) is 0 Å². The van der Waals surface area contributed by atoms with Gasteiger partial charge in [0.25, 0.3) is 0 Å². The van der Waals surface area contributed by atoms with Crippen LogP contribution in [0.25, 0.3) is 11.2 Å². The fourth-order valence-corrected chi connectivity index (χ4v) is 5.45. The van der Waals surface area contributed by atoms with E-state index in [0.717, 1.165) is 0 Å². The molecule has 170 valence electrons. The molecule has 0 aromatic carbocycles. The van der Waals surface area contributed by atoms with Gasteiger partial charge in [0.05, 0.1) is 11.8 Å². The molecule has 2 aromatic heterocycles. The van der Waals surface area contributed by atoms with Crippen LogP contribution < -0.4 is 9.47 Å². The van der Waals surface area contributed by atoms with E-state index in [4.69, 9.17) is 28.1 Å². The number of hydrogen-bond acceptors (Lipinski definition) is 11. The van der Waals surface area contributed by atoms with Crippen molar-refractivity contribution in [3.63, 3.8) is 0 Å². The Morgan fingerprint density at radius 3 is 2.76 bits per heavy atom. The van der Waals surface area contributed by atoms with Gasteiger partial charge in [-0.2, -0.15) is 0 Å². The number of fused-ring (bicyclic) bond motifs is 2. The second kappa shape index (κ2) is 6.56. The fourth-order valence-electron chi connectivity index (χ4n) is 5.45. The highest BCUT2D eigenvalue weighted by atomic mass is 16.6. The van der Waals surface area contributed by atoms with Crippen LogP contribution in [-0.2, 0) is 33.4 Å². The van der Waals surface area contributed by atoms with Crippen molar-refractivity contribution in [2.45, 2.75) is 25.6 Å². The van der Waals surface area contributed by atoms with E-state index in [2.05, 4.69) is 6.58 Å². The van der Waals surface area contributed by atoms with Gasteiger partial charge in [0.15, 0.2) is 17.8 Å². The third-order valence-electron chi connectivity index (χ3n) is 6.74. The summed E-state index contributed by atoms with van der Waals surface area (Å²) < 4.78 is 31.7. The zero-order valence-corrected chi connectivity index (χ0v) is 17.2. The van der Waals surface area contributed by atoms with Crippen LogP contribution in [0.4, 0.5) is 0 Å². The highest BCUT2D eigenvalue weighted by molar-refractivity contribution is 6.10. The van der Waals surface area contributed by atoms with Crippen LogP contribution in [0, 0.1) is 23.7 Å². The third-order valence-corrected chi connectivity index (χ3v) is 6.74.